The number of aromatic hydroxyl groups is 1. The third kappa shape index (κ3) is 5.08. The van der Waals surface area contributed by atoms with Gasteiger partial charge in [0.25, 0.3) is 0 Å². The van der Waals surface area contributed by atoms with Crippen molar-refractivity contribution in [1.82, 2.24) is 19.0 Å². The number of halogens is 2. The number of piperidine rings is 1. The van der Waals surface area contributed by atoms with Gasteiger partial charge < -0.3 is 24.3 Å². The van der Waals surface area contributed by atoms with E-state index in [2.05, 4.69) is 54.6 Å². The molecule has 1 saturated heterocycles. The Morgan fingerprint density at radius 3 is 2.52 bits per heavy atom. The number of nitrogens with zero attached hydrogens (tertiary/aromatic N) is 3. The fraction of sp³-hybridized carbons (Fsp3) is 0.303. The summed E-state index contributed by atoms with van der Waals surface area (Å²) in [6, 6.07) is 21.7. The van der Waals surface area contributed by atoms with Crippen molar-refractivity contribution in [3.8, 4) is 17.3 Å². The second kappa shape index (κ2) is 11.6. The molecule has 0 spiro atoms. The lowest BCUT2D eigenvalue weighted by molar-refractivity contribution is 0.205. The van der Waals surface area contributed by atoms with E-state index in [0.717, 1.165) is 62.3 Å². The van der Waals surface area contributed by atoms with Gasteiger partial charge in [0.05, 0.1) is 18.0 Å². The highest BCUT2D eigenvalue weighted by Crippen LogP contribution is 2.44. The van der Waals surface area contributed by atoms with Crippen LogP contribution in [0.1, 0.15) is 54.2 Å². The number of aromatic amines is 1. The lowest BCUT2D eigenvalue weighted by atomic mass is 9.93. The van der Waals surface area contributed by atoms with E-state index >= 15 is 0 Å². The number of rotatable bonds is 7. The Labute approximate surface area is 263 Å². The van der Waals surface area contributed by atoms with Crippen molar-refractivity contribution in [1.29, 1.82) is 0 Å². The van der Waals surface area contributed by atoms with Crippen LogP contribution in [0.5, 0.6) is 11.6 Å². The first kappa shape index (κ1) is 27.8. The van der Waals surface area contributed by atoms with E-state index in [0.29, 0.717) is 22.8 Å². The Kier molecular flexibility index (Phi) is 7.65. The van der Waals surface area contributed by atoms with Gasteiger partial charge in [-0.2, -0.15) is 0 Å². The van der Waals surface area contributed by atoms with E-state index in [9.17, 15) is 5.11 Å². The normalized spacial score (nSPS) is 16.9. The minimum absolute atomic E-state index is 0.149. The number of nitrogens with one attached hydrogen (secondary N) is 1. The zero-order valence-electron chi connectivity index (χ0n) is 23.2. The summed E-state index contributed by atoms with van der Waals surface area (Å²) in [5, 5.41) is 13.4. The van der Waals surface area contributed by atoms with Crippen LogP contribution < -0.4 is 4.74 Å². The number of ether oxygens (including phenoxy) is 1. The molecule has 2 aromatic heterocycles. The summed E-state index contributed by atoms with van der Waals surface area (Å²) < 4.78 is 11.5. The smallest absolute Gasteiger partial charge is 0.218 e. The summed E-state index contributed by atoms with van der Waals surface area (Å²) in [5.41, 5.74) is 5.91. The molecule has 1 fully saturated rings. The first-order valence-electron chi connectivity index (χ1n) is 14.5. The minimum atomic E-state index is -0.241. The number of H-pyrrole nitrogens is 1. The van der Waals surface area contributed by atoms with Gasteiger partial charge >= 0.3 is 0 Å². The quantitative estimate of drug-likeness (QED) is 0.133. The molecule has 9 heteroatoms. The Bertz CT molecular complexity index is 1800. The Morgan fingerprint density at radius 2 is 1.76 bits per heavy atom. The van der Waals surface area contributed by atoms with Gasteiger partial charge in [0.15, 0.2) is 4.77 Å². The van der Waals surface area contributed by atoms with Crippen molar-refractivity contribution in [2.75, 3.05) is 26.2 Å². The van der Waals surface area contributed by atoms with Gasteiger partial charge in [-0.3, -0.25) is 4.57 Å². The van der Waals surface area contributed by atoms with Crippen LogP contribution in [0.2, 0.25) is 5.02 Å². The minimum Gasteiger partial charge on any atom is -0.494 e. The van der Waals surface area contributed by atoms with Crippen molar-refractivity contribution < 1.29 is 9.84 Å². The van der Waals surface area contributed by atoms with Crippen LogP contribution in [0.3, 0.4) is 0 Å². The van der Waals surface area contributed by atoms with Crippen LogP contribution in [-0.4, -0.2) is 50.4 Å². The zero-order valence-corrected chi connectivity index (χ0v) is 26.3. The first-order valence-corrected chi connectivity index (χ1v) is 16.1. The van der Waals surface area contributed by atoms with E-state index < -0.39 is 0 Å². The van der Waals surface area contributed by atoms with Crippen LogP contribution in [0.4, 0.5) is 0 Å². The zero-order chi connectivity index (χ0) is 28.8. The molecular formula is C33H32BrClN4O2S. The molecule has 6 nitrogen and oxygen atoms in total. The Morgan fingerprint density at radius 1 is 1.00 bits per heavy atom. The van der Waals surface area contributed by atoms with Crippen LogP contribution in [0.25, 0.3) is 16.6 Å². The maximum absolute atomic E-state index is 11.6. The third-order valence-corrected chi connectivity index (χ3v) is 9.68. The number of fused-ring (bicyclic) bond motifs is 4. The van der Waals surface area contributed by atoms with Gasteiger partial charge in [-0.05, 0) is 110 Å². The molecule has 42 heavy (non-hydrogen) atoms. The predicted molar refractivity (Wildman–Crippen MR) is 174 cm³/mol. The van der Waals surface area contributed by atoms with Crippen LogP contribution >= 0.6 is 39.7 Å². The number of likely N-dealkylation sites (tertiary alicyclic amines) is 1. The molecule has 3 aromatic carbocycles. The molecular weight excluding hydrogens is 632 g/mol. The summed E-state index contributed by atoms with van der Waals surface area (Å²) in [7, 11) is 0. The highest BCUT2D eigenvalue weighted by atomic mass is 79.9. The fourth-order valence-electron chi connectivity index (χ4n) is 6.49. The summed E-state index contributed by atoms with van der Waals surface area (Å²) in [4.78, 5) is 6.24. The van der Waals surface area contributed by atoms with Gasteiger partial charge in [0.2, 0.25) is 5.88 Å². The molecule has 4 heterocycles. The average Bonchev–Trinajstić information content (AvgIpc) is 3.49. The highest BCUT2D eigenvalue weighted by molar-refractivity contribution is 9.10. The van der Waals surface area contributed by atoms with Gasteiger partial charge in [-0.1, -0.05) is 46.1 Å². The molecule has 2 aliphatic rings. The molecule has 1 unspecified atom stereocenters. The third-order valence-electron chi connectivity index (χ3n) is 8.55. The SMILES string of the molecule is Oc1c2n(c(=S)n1-c1ccc(Cl)cc1)C(c1ccc(OCCCN3CCCCC3)cc1)c1[nH]c3ccc(Br)cc3c1C2. The lowest BCUT2D eigenvalue weighted by Gasteiger charge is -2.27. The molecule has 0 bridgehead atoms. The van der Waals surface area contributed by atoms with Gasteiger partial charge in [0.1, 0.15) is 11.8 Å². The molecule has 216 valence electrons. The second-order valence-corrected chi connectivity index (χ2v) is 12.9. The largest absolute Gasteiger partial charge is 0.494 e. The maximum Gasteiger partial charge on any atom is 0.218 e. The number of hydrogen-bond donors (Lipinski definition) is 2. The van der Waals surface area contributed by atoms with E-state index in [-0.39, 0.29) is 11.9 Å². The van der Waals surface area contributed by atoms with E-state index in [1.807, 2.05) is 42.5 Å². The molecule has 2 N–H and O–H groups in total. The van der Waals surface area contributed by atoms with Crippen molar-refractivity contribution >= 4 is 50.7 Å². The molecule has 0 amide bonds. The summed E-state index contributed by atoms with van der Waals surface area (Å²) in [6.45, 7) is 4.22. The number of aromatic nitrogens is 3. The number of hydrogen-bond acceptors (Lipinski definition) is 4. The van der Waals surface area contributed by atoms with Crippen LogP contribution in [0.15, 0.2) is 71.2 Å². The van der Waals surface area contributed by atoms with E-state index in [4.69, 9.17) is 28.6 Å². The summed E-state index contributed by atoms with van der Waals surface area (Å²) >= 11 is 15.9. The lowest BCUT2D eigenvalue weighted by Crippen LogP contribution is -2.31. The van der Waals surface area contributed by atoms with E-state index in [1.54, 1.807) is 4.57 Å². The second-order valence-electron chi connectivity index (χ2n) is 11.2. The molecule has 2 aliphatic heterocycles. The standard InChI is InChI=1S/C33H32BrClN4O2S/c34-22-7-14-28-26(19-22)27-20-29-32(40)38(24-10-8-23(35)9-11-24)33(42)39(29)31(30(27)36-28)21-5-12-25(13-6-21)41-18-4-17-37-15-2-1-3-16-37/h5-14,19,31,36,40H,1-4,15-18,20H2. The highest BCUT2D eigenvalue weighted by Gasteiger charge is 2.34. The summed E-state index contributed by atoms with van der Waals surface area (Å²) in [6.07, 6.45) is 5.55. The molecule has 1 atom stereocenters. The van der Waals surface area contributed by atoms with Crippen molar-refractivity contribution in [3.63, 3.8) is 0 Å². The van der Waals surface area contributed by atoms with Crippen molar-refractivity contribution in [2.45, 2.75) is 38.1 Å². The Hall–Kier alpha value is -3.04. The number of imidazole rings is 1. The first-order chi connectivity index (χ1) is 20.5. The molecule has 0 aliphatic carbocycles. The van der Waals surface area contributed by atoms with Crippen molar-refractivity contribution in [2.24, 2.45) is 0 Å². The molecule has 0 saturated carbocycles. The molecule has 0 radical (unpaired) electrons. The number of benzene rings is 3. The molecule has 5 aromatic rings. The van der Waals surface area contributed by atoms with Crippen LogP contribution in [-0.2, 0) is 6.42 Å². The van der Waals surface area contributed by atoms with E-state index in [1.165, 1.54) is 32.4 Å². The average molecular weight is 664 g/mol. The molecule has 7 rings (SSSR count). The van der Waals surface area contributed by atoms with Crippen LogP contribution in [0, 0.1) is 4.77 Å². The van der Waals surface area contributed by atoms with Gasteiger partial charge in [-0.25, -0.2) is 0 Å². The maximum atomic E-state index is 11.6. The predicted octanol–water partition coefficient (Wildman–Crippen LogP) is 8.41. The topological polar surface area (TPSA) is 58.4 Å². The fourth-order valence-corrected chi connectivity index (χ4v) is 7.38. The monoisotopic (exact) mass is 662 g/mol. The van der Waals surface area contributed by atoms with Gasteiger partial charge in [0, 0.05) is 39.1 Å². The summed E-state index contributed by atoms with van der Waals surface area (Å²) in [5.74, 6) is 1.01. The van der Waals surface area contributed by atoms with Gasteiger partial charge in [-0.15, -0.1) is 0 Å². The van der Waals surface area contributed by atoms with Crippen molar-refractivity contribution in [3.05, 3.63) is 104 Å². The Balaban J connectivity index is 1.24.